The van der Waals surface area contributed by atoms with Crippen molar-refractivity contribution in [2.45, 2.75) is 0 Å². The lowest BCUT2D eigenvalue weighted by atomic mass is 9.96. The molecule has 0 amide bonds. The Morgan fingerprint density at radius 3 is 1.72 bits per heavy atom. The van der Waals surface area contributed by atoms with Crippen LogP contribution in [0.4, 0.5) is 0 Å². The van der Waals surface area contributed by atoms with E-state index < -0.39 is 0 Å². The van der Waals surface area contributed by atoms with Crippen molar-refractivity contribution >= 4 is 43.6 Å². The summed E-state index contributed by atoms with van der Waals surface area (Å²) >= 11 is 0. The number of benzene rings is 7. The zero-order valence-electron chi connectivity index (χ0n) is 26.7. The highest BCUT2D eigenvalue weighted by Gasteiger charge is 2.19. The summed E-state index contributed by atoms with van der Waals surface area (Å²) in [5.74, 6) is 0. The topological polar surface area (TPSA) is 81.2 Å². The van der Waals surface area contributed by atoms with Crippen molar-refractivity contribution in [3.05, 3.63) is 168 Å². The standard InChI is InChI=1S/C45H25N5/c46-26-29-16-23-44-40(24-29)38-12-7-8-33(28-48)45(38)49(44)34-22-21-32(27-47)39(25-34)31-19-17-30(18-20-31)35-9-1-4-13-41(35)50-42-14-5-2-10-36(42)37-11-3-6-15-43(37)50/h1-25H. The van der Waals surface area contributed by atoms with Crippen LogP contribution in [0.2, 0.25) is 0 Å². The molecule has 0 aliphatic heterocycles. The fourth-order valence-electron chi connectivity index (χ4n) is 7.43. The van der Waals surface area contributed by atoms with Gasteiger partial charge in [0.2, 0.25) is 0 Å². The van der Waals surface area contributed by atoms with Gasteiger partial charge in [0.1, 0.15) is 6.07 Å². The summed E-state index contributed by atoms with van der Waals surface area (Å²) < 4.78 is 4.40. The zero-order valence-corrected chi connectivity index (χ0v) is 26.7. The Labute approximate surface area is 287 Å². The van der Waals surface area contributed by atoms with Gasteiger partial charge in [-0.1, -0.05) is 91.0 Å². The molecule has 9 aromatic rings. The van der Waals surface area contributed by atoms with E-state index in [2.05, 4.69) is 124 Å². The molecule has 0 saturated carbocycles. The minimum atomic E-state index is 0.536. The number of para-hydroxylation sites is 4. The molecule has 0 bridgehead atoms. The van der Waals surface area contributed by atoms with Gasteiger partial charge in [-0.15, -0.1) is 0 Å². The Bertz CT molecular complexity index is 2900. The van der Waals surface area contributed by atoms with Crippen molar-refractivity contribution < 1.29 is 0 Å². The van der Waals surface area contributed by atoms with Gasteiger partial charge in [-0.3, -0.25) is 0 Å². The highest BCUT2D eigenvalue weighted by Crippen LogP contribution is 2.39. The Morgan fingerprint density at radius 1 is 0.400 bits per heavy atom. The van der Waals surface area contributed by atoms with Crippen LogP contribution >= 0.6 is 0 Å². The molecule has 0 N–H and O–H groups in total. The van der Waals surface area contributed by atoms with Crippen molar-refractivity contribution in [1.82, 2.24) is 9.13 Å². The molecular weight excluding hydrogens is 611 g/mol. The maximum atomic E-state index is 10.2. The molecule has 0 fully saturated rings. The van der Waals surface area contributed by atoms with Gasteiger partial charge in [0.25, 0.3) is 0 Å². The van der Waals surface area contributed by atoms with Gasteiger partial charge >= 0.3 is 0 Å². The minimum absolute atomic E-state index is 0.536. The molecule has 2 aromatic heterocycles. The number of nitrogens with zero attached hydrogens (tertiary/aromatic N) is 5. The van der Waals surface area contributed by atoms with Crippen molar-refractivity contribution in [1.29, 1.82) is 15.8 Å². The van der Waals surface area contributed by atoms with Crippen molar-refractivity contribution in [2.75, 3.05) is 0 Å². The molecule has 2 heterocycles. The highest BCUT2D eigenvalue weighted by atomic mass is 15.0. The van der Waals surface area contributed by atoms with E-state index in [1.54, 1.807) is 6.07 Å². The second-order valence-corrected chi connectivity index (χ2v) is 12.3. The summed E-state index contributed by atoms with van der Waals surface area (Å²) in [4.78, 5) is 0. The Kier molecular flexibility index (Phi) is 6.56. The van der Waals surface area contributed by atoms with E-state index in [1.807, 2.05) is 48.5 Å². The Balaban J connectivity index is 1.19. The fourth-order valence-corrected chi connectivity index (χ4v) is 7.43. The van der Waals surface area contributed by atoms with Crippen LogP contribution in [-0.4, -0.2) is 9.13 Å². The maximum absolute atomic E-state index is 10.2. The molecule has 0 aliphatic carbocycles. The summed E-state index contributed by atoms with van der Waals surface area (Å²) in [5.41, 5.74) is 11.4. The number of fused-ring (bicyclic) bond motifs is 6. The van der Waals surface area contributed by atoms with Crippen LogP contribution in [0.3, 0.4) is 0 Å². The second kappa shape index (κ2) is 11.4. The van der Waals surface area contributed by atoms with Crippen LogP contribution in [0.1, 0.15) is 16.7 Å². The fraction of sp³-hybridized carbons (Fsp3) is 0. The van der Waals surface area contributed by atoms with Crippen molar-refractivity contribution in [2.24, 2.45) is 0 Å². The molecule has 50 heavy (non-hydrogen) atoms. The monoisotopic (exact) mass is 635 g/mol. The third-order valence-electron chi connectivity index (χ3n) is 9.65. The highest BCUT2D eigenvalue weighted by molar-refractivity contribution is 6.12. The van der Waals surface area contributed by atoms with Crippen molar-refractivity contribution in [3.8, 4) is 51.8 Å². The third kappa shape index (κ3) is 4.31. The number of aromatic nitrogens is 2. The van der Waals surface area contributed by atoms with Crippen LogP contribution in [0.15, 0.2) is 152 Å². The summed E-state index contributed by atoms with van der Waals surface area (Å²) in [6, 6.07) is 57.9. The predicted octanol–water partition coefficient (Wildman–Crippen LogP) is 10.8. The van der Waals surface area contributed by atoms with Gasteiger partial charge in [-0.05, 0) is 71.8 Å². The summed E-state index contributed by atoms with van der Waals surface area (Å²) in [6.45, 7) is 0. The summed E-state index contributed by atoms with van der Waals surface area (Å²) in [7, 11) is 0. The van der Waals surface area contributed by atoms with Crippen molar-refractivity contribution in [3.63, 3.8) is 0 Å². The first kappa shape index (κ1) is 28.8. The number of nitriles is 3. The number of rotatable bonds is 4. The van der Waals surface area contributed by atoms with Gasteiger partial charge in [0.15, 0.2) is 0 Å². The molecule has 0 unspecified atom stereocenters. The molecule has 5 nitrogen and oxygen atoms in total. The maximum Gasteiger partial charge on any atom is 0.101 e. The molecule has 0 aliphatic rings. The zero-order chi connectivity index (χ0) is 33.8. The number of hydrogen-bond acceptors (Lipinski definition) is 3. The Morgan fingerprint density at radius 2 is 1.02 bits per heavy atom. The molecule has 230 valence electrons. The smallest absolute Gasteiger partial charge is 0.101 e. The molecule has 0 saturated heterocycles. The van der Waals surface area contributed by atoms with E-state index in [9.17, 15) is 15.8 Å². The van der Waals surface area contributed by atoms with E-state index in [1.165, 1.54) is 10.8 Å². The molecule has 0 spiro atoms. The molecule has 5 heteroatoms. The second-order valence-electron chi connectivity index (χ2n) is 12.3. The normalized spacial score (nSPS) is 11.1. The Hall–Kier alpha value is -7.39. The predicted molar refractivity (Wildman–Crippen MR) is 200 cm³/mol. The van der Waals surface area contributed by atoms with Gasteiger partial charge in [0.05, 0.1) is 56.6 Å². The first-order chi connectivity index (χ1) is 24.7. The largest absolute Gasteiger partial charge is 0.309 e. The molecule has 0 atom stereocenters. The van der Waals surface area contributed by atoms with Gasteiger partial charge in [-0.2, -0.15) is 15.8 Å². The van der Waals surface area contributed by atoms with Crippen LogP contribution < -0.4 is 0 Å². The van der Waals surface area contributed by atoms with Gasteiger partial charge in [-0.25, -0.2) is 0 Å². The number of hydrogen-bond donors (Lipinski definition) is 0. The van der Waals surface area contributed by atoms with Gasteiger partial charge in [0, 0.05) is 38.4 Å². The van der Waals surface area contributed by atoms with Crippen LogP contribution in [0.5, 0.6) is 0 Å². The van der Waals surface area contributed by atoms with E-state index in [4.69, 9.17) is 0 Å². The van der Waals surface area contributed by atoms with Crippen LogP contribution in [-0.2, 0) is 0 Å². The average molecular weight is 636 g/mol. The summed E-state index contributed by atoms with van der Waals surface area (Å²) in [6.07, 6.45) is 0. The average Bonchev–Trinajstić information content (AvgIpc) is 3.70. The van der Waals surface area contributed by atoms with Gasteiger partial charge < -0.3 is 9.13 Å². The molecule has 0 radical (unpaired) electrons. The lowest BCUT2D eigenvalue weighted by Gasteiger charge is -2.15. The minimum Gasteiger partial charge on any atom is -0.309 e. The molecular formula is C45H25N5. The quantitative estimate of drug-likeness (QED) is 0.193. The molecule has 7 aromatic carbocycles. The molecule has 9 rings (SSSR count). The van der Waals surface area contributed by atoms with Crippen LogP contribution in [0, 0.1) is 34.0 Å². The SMILES string of the molecule is N#Cc1ccc2c(c1)c1cccc(C#N)c1n2-c1ccc(C#N)c(-c2ccc(-c3ccccc3-n3c4ccccc4c4ccccc43)cc2)c1. The first-order valence-electron chi connectivity index (χ1n) is 16.3. The van der Waals surface area contributed by atoms with E-state index in [-0.39, 0.29) is 0 Å². The van der Waals surface area contributed by atoms with E-state index in [0.29, 0.717) is 16.7 Å². The first-order valence-corrected chi connectivity index (χ1v) is 16.3. The summed E-state index contributed by atoms with van der Waals surface area (Å²) in [5, 5.41) is 34.1. The van der Waals surface area contributed by atoms with E-state index >= 15 is 0 Å². The lowest BCUT2D eigenvalue weighted by Crippen LogP contribution is -1.98. The van der Waals surface area contributed by atoms with E-state index in [0.717, 1.165) is 66.5 Å². The third-order valence-corrected chi connectivity index (χ3v) is 9.65. The lowest BCUT2D eigenvalue weighted by molar-refractivity contribution is 1.17. The van der Waals surface area contributed by atoms with Crippen LogP contribution in [0.25, 0.3) is 77.2 Å².